The molecule has 8 nitrogen and oxygen atoms in total. The van der Waals surface area contributed by atoms with E-state index in [2.05, 4.69) is 10.1 Å². The normalized spacial score (nSPS) is 16.8. The molecule has 0 radical (unpaired) electrons. The standard InChI is InChI=1S/C20H27N5O3S/c1-13-19(29-14(2)21-13)20(27)25-7-6-17-15(12-25)16(22-23(17)3)4-5-18(26)24-8-10-28-11-9-24/h4-12H2,1-3H3. The van der Waals surface area contributed by atoms with E-state index in [0.717, 1.165) is 33.3 Å². The van der Waals surface area contributed by atoms with Gasteiger partial charge in [0.25, 0.3) is 5.91 Å². The minimum absolute atomic E-state index is 0.0398. The highest BCUT2D eigenvalue weighted by atomic mass is 32.1. The molecule has 0 N–H and O–H groups in total. The van der Waals surface area contributed by atoms with Gasteiger partial charge in [0, 0.05) is 63.7 Å². The van der Waals surface area contributed by atoms with Crippen LogP contribution in [0.3, 0.4) is 0 Å². The summed E-state index contributed by atoms with van der Waals surface area (Å²) < 4.78 is 7.23. The number of fused-ring (bicyclic) bond motifs is 1. The van der Waals surface area contributed by atoms with Crippen molar-refractivity contribution in [2.75, 3.05) is 32.8 Å². The summed E-state index contributed by atoms with van der Waals surface area (Å²) in [5.74, 6) is 0.185. The monoisotopic (exact) mass is 417 g/mol. The third-order valence-corrected chi connectivity index (χ3v) is 6.71. The highest BCUT2D eigenvalue weighted by Gasteiger charge is 2.29. The van der Waals surface area contributed by atoms with Gasteiger partial charge in [-0.3, -0.25) is 14.3 Å². The second kappa shape index (κ2) is 8.23. The van der Waals surface area contributed by atoms with Crippen LogP contribution in [0.5, 0.6) is 0 Å². The number of hydrogen-bond donors (Lipinski definition) is 0. The first kappa shape index (κ1) is 20.0. The molecule has 2 aliphatic heterocycles. The fourth-order valence-electron chi connectivity index (χ4n) is 4.11. The number of thiazole rings is 1. The van der Waals surface area contributed by atoms with E-state index in [9.17, 15) is 9.59 Å². The largest absolute Gasteiger partial charge is 0.378 e. The van der Waals surface area contributed by atoms with Crippen molar-refractivity contribution in [3.63, 3.8) is 0 Å². The van der Waals surface area contributed by atoms with Crippen molar-refractivity contribution in [2.45, 2.75) is 39.7 Å². The van der Waals surface area contributed by atoms with E-state index >= 15 is 0 Å². The van der Waals surface area contributed by atoms with Gasteiger partial charge >= 0.3 is 0 Å². The van der Waals surface area contributed by atoms with Crippen molar-refractivity contribution in [3.8, 4) is 0 Å². The van der Waals surface area contributed by atoms with Gasteiger partial charge in [-0.2, -0.15) is 5.10 Å². The molecule has 2 amide bonds. The quantitative estimate of drug-likeness (QED) is 0.753. The topological polar surface area (TPSA) is 80.6 Å². The van der Waals surface area contributed by atoms with Crippen LogP contribution in [0.15, 0.2) is 0 Å². The number of rotatable bonds is 4. The summed E-state index contributed by atoms with van der Waals surface area (Å²) in [5, 5.41) is 5.58. The number of ether oxygens (including phenoxy) is 1. The van der Waals surface area contributed by atoms with Crippen molar-refractivity contribution in [3.05, 3.63) is 32.5 Å². The van der Waals surface area contributed by atoms with Crippen LogP contribution in [0, 0.1) is 13.8 Å². The van der Waals surface area contributed by atoms with E-state index in [1.807, 2.05) is 35.4 Å². The molecule has 29 heavy (non-hydrogen) atoms. The molecule has 0 aromatic carbocycles. The highest BCUT2D eigenvalue weighted by molar-refractivity contribution is 7.13. The fraction of sp³-hybridized carbons (Fsp3) is 0.600. The molecule has 0 atom stereocenters. The van der Waals surface area contributed by atoms with Crippen molar-refractivity contribution in [1.29, 1.82) is 0 Å². The van der Waals surface area contributed by atoms with E-state index < -0.39 is 0 Å². The minimum atomic E-state index is 0.0398. The molecule has 1 saturated heterocycles. The summed E-state index contributed by atoms with van der Waals surface area (Å²) in [6.07, 6.45) is 1.81. The van der Waals surface area contributed by atoms with Crippen LogP contribution in [0.25, 0.3) is 0 Å². The lowest BCUT2D eigenvalue weighted by molar-refractivity contribution is -0.135. The van der Waals surface area contributed by atoms with Gasteiger partial charge in [-0.25, -0.2) is 4.98 Å². The summed E-state index contributed by atoms with van der Waals surface area (Å²) >= 11 is 1.45. The average Bonchev–Trinajstić information content (AvgIpc) is 3.24. The van der Waals surface area contributed by atoms with E-state index in [0.29, 0.717) is 52.2 Å². The number of aryl methyl sites for hydroxylation is 4. The molecule has 0 saturated carbocycles. The Kier molecular flexibility index (Phi) is 5.69. The van der Waals surface area contributed by atoms with Crippen molar-refractivity contribution in [1.82, 2.24) is 24.6 Å². The first-order valence-electron chi connectivity index (χ1n) is 10.1. The van der Waals surface area contributed by atoms with Gasteiger partial charge in [0.15, 0.2) is 0 Å². The molecule has 0 bridgehead atoms. The predicted molar refractivity (Wildman–Crippen MR) is 109 cm³/mol. The van der Waals surface area contributed by atoms with Crippen LogP contribution >= 0.6 is 11.3 Å². The summed E-state index contributed by atoms with van der Waals surface area (Å²) in [6, 6.07) is 0. The van der Waals surface area contributed by atoms with Gasteiger partial charge in [0.2, 0.25) is 5.91 Å². The second-order valence-electron chi connectivity index (χ2n) is 7.61. The van der Waals surface area contributed by atoms with Crippen LogP contribution in [0.1, 0.15) is 43.7 Å². The van der Waals surface area contributed by atoms with Crippen molar-refractivity contribution in [2.24, 2.45) is 7.05 Å². The zero-order valence-electron chi connectivity index (χ0n) is 17.2. The molecular weight excluding hydrogens is 390 g/mol. The van der Waals surface area contributed by atoms with Gasteiger partial charge < -0.3 is 14.5 Å². The zero-order chi connectivity index (χ0) is 20.5. The molecule has 4 rings (SSSR count). The predicted octanol–water partition coefficient (Wildman–Crippen LogP) is 1.48. The SMILES string of the molecule is Cc1nc(C)c(C(=O)N2CCc3c(c(CCC(=O)N4CCOCC4)nn3C)C2)s1. The van der Waals surface area contributed by atoms with Gasteiger partial charge in [-0.05, 0) is 13.8 Å². The lowest BCUT2D eigenvalue weighted by Crippen LogP contribution is -2.40. The van der Waals surface area contributed by atoms with Gasteiger partial charge in [0.1, 0.15) is 4.88 Å². The van der Waals surface area contributed by atoms with Crippen LogP contribution < -0.4 is 0 Å². The lowest BCUT2D eigenvalue weighted by atomic mass is 10.0. The highest BCUT2D eigenvalue weighted by Crippen LogP contribution is 2.27. The van der Waals surface area contributed by atoms with Gasteiger partial charge in [-0.1, -0.05) is 0 Å². The molecule has 0 spiro atoms. The number of carbonyl (C=O) groups is 2. The van der Waals surface area contributed by atoms with E-state index in [1.165, 1.54) is 17.0 Å². The number of amides is 2. The Bertz CT molecular complexity index is 929. The zero-order valence-corrected chi connectivity index (χ0v) is 18.0. The number of carbonyl (C=O) groups excluding carboxylic acids is 2. The smallest absolute Gasteiger partial charge is 0.266 e. The second-order valence-corrected chi connectivity index (χ2v) is 8.82. The molecule has 156 valence electrons. The summed E-state index contributed by atoms with van der Waals surface area (Å²) in [6.45, 7) is 7.57. The Labute approximate surface area is 174 Å². The molecule has 1 fully saturated rings. The maximum absolute atomic E-state index is 13.0. The summed E-state index contributed by atoms with van der Waals surface area (Å²) in [5.41, 5.74) is 3.99. The average molecular weight is 418 g/mol. The Morgan fingerprint density at radius 3 is 2.59 bits per heavy atom. The van der Waals surface area contributed by atoms with Crippen LogP contribution in [-0.4, -0.2) is 69.2 Å². The number of aromatic nitrogens is 3. The summed E-state index contributed by atoms with van der Waals surface area (Å²) in [4.78, 5) is 34.4. The third-order valence-electron chi connectivity index (χ3n) is 5.65. The van der Waals surface area contributed by atoms with E-state index in [-0.39, 0.29) is 11.8 Å². The third kappa shape index (κ3) is 4.06. The van der Waals surface area contributed by atoms with Crippen molar-refractivity contribution >= 4 is 23.2 Å². The molecule has 2 aliphatic rings. The molecule has 0 unspecified atom stereocenters. The first-order valence-corrected chi connectivity index (χ1v) is 10.9. The number of morpholine rings is 1. The van der Waals surface area contributed by atoms with Gasteiger partial charge in [-0.15, -0.1) is 11.3 Å². The maximum atomic E-state index is 13.0. The molecule has 9 heteroatoms. The van der Waals surface area contributed by atoms with Crippen LogP contribution in [-0.2, 0) is 36.0 Å². The van der Waals surface area contributed by atoms with Gasteiger partial charge in [0.05, 0.1) is 29.6 Å². The Hall–Kier alpha value is -2.26. The Morgan fingerprint density at radius 2 is 1.90 bits per heavy atom. The number of hydrogen-bond acceptors (Lipinski definition) is 6. The molecule has 0 aliphatic carbocycles. The Morgan fingerprint density at radius 1 is 1.14 bits per heavy atom. The van der Waals surface area contributed by atoms with Crippen molar-refractivity contribution < 1.29 is 14.3 Å². The fourth-order valence-corrected chi connectivity index (χ4v) is 5.00. The molecule has 2 aromatic rings. The van der Waals surface area contributed by atoms with Crippen LogP contribution in [0.4, 0.5) is 0 Å². The molecular formula is C20H27N5O3S. The maximum Gasteiger partial charge on any atom is 0.266 e. The van der Waals surface area contributed by atoms with E-state index in [4.69, 9.17) is 4.74 Å². The number of nitrogens with zero attached hydrogens (tertiary/aromatic N) is 5. The molecule has 2 aromatic heterocycles. The Balaban J connectivity index is 1.47. The van der Waals surface area contributed by atoms with Crippen LogP contribution in [0.2, 0.25) is 0 Å². The summed E-state index contributed by atoms with van der Waals surface area (Å²) in [7, 11) is 1.94. The minimum Gasteiger partial charge on any atom is -0.378 e. The molecule has 4 heterocycles. The first-order chi connectivity index (χ1) is 13.9. The lowest BCUT2D eigenvalue weighted by Gasteiger charge is -2.28. The van der Waals surface area contributed by atoms with E-state index in [1.54, 1.807) is 0 Å².